The molecule has 0 bridgehead atoms. The molecule has 0 atom stereocenters. The molecule has 7 nitrogen and oxygen atoms in total. The van der Waals surface area contributed by atoms with Crippen LogP contribution in [0.15, 0.2) is 18.2 Å². The van der Waals surface area contributed by atoms with Gasteiger partial charge in [-0.3, -0.25) is 14.9 Å². The van der Waals surface area contributed by atoms with Gasteiger partial charge >= 0.3 is 6.03 Å². The first-order chi connectivity index (χ1) is 10.3. The molecule has 0 saturated heterocycles. The number of carbonyl (C=O) groups is 3. The highest BCUT2D eigenvalue weighted by Gasteiger charge is 2.13. The summed E-state index contributed by atoms with van der Waals surface area (Å²) in [5.41, 5.74) is 0.954. The number of nitrogens with zero attached hydrogens (tertiary/aromatic N) is 1. The lowest BCUT2D eigenvalue weighted by Gasteiger charge is -2.13. The van der Waals surface area contributed by atoms with Crippen molar-refractivity contribution in [3.05, 3.63) is 28.8 Å². The number of hydrogen-bond acceptors (Lipinski definition) is 4. The molecule has 3 N–H and O–H groups in total. The Bertz CT molecular complexity index is 575. The summed E-state index contributed by atoms with van der Waals surface area (Å²) in [6, 6.07) is 4.23. The Balaban J connectivity index is 2.61. The van der Waals surface area contributed by atoms with Gasteiger partial charge < -0.3 is 15.5 Å². The SMILES string of the molecule is CCNC(=O)NC(=O)CNc1ccc(C(=O)N(C)C)c(Cl)c1. The van der Waals surface area contributed by atoms with Gasteiger partial charge in [-0.2, -0.15) is 0 Å². The third kappa shape index (κ3) is 5.25. The van der Waals surface area contributed by atoms with Gasteiger partial charge in [0.15, 0.2) is 0 Å². The van der Waals surface area contributed by atoms with Crippen LogP contribution in [0.1, 0.15) is 17.3 Å². The van der Waals surface area contributed by atoms with E-state index in [9.17, 15) is 14.4 Å². The van der Waals surface area contributed by atoms with Crippen LogP contribution in [-0.4, -0.2) is 49.9 Å². The monoisotopic (exact) mass is 326 g/mol. The summed E-state index contributed by atoms with van der Waals surface area (Å²) in [4.78, 5) is 36.0. The fourth-order valence-electron chi connectivity index (χ4n) is 1.60. The van der Waals surface area contributed by atoms with E-state index in [1.54, 1.807) is 39.2 Å². The molecule has 1 aromatic rings. The van der Waals surface area contributed by atoms with Crippen LogP contribution in [0.5, 0.6) is 0 Å². The van der Waals surface area contributed by atoms with Gasteiger partial charge in [-0.15, -0.1) is 0 Å². The van der Waals surface area contributed by atoms with Crippen molar-refractivity contribution in [1.29, 1.82) is 0 Å². The Hall–Kier alpha value is -2.28. The molecule has 0 spiro atoms. The third-order valence-corrected chi connectivity index (χ3v) is 2.96. The highest BCUT2D eigenvalue weighted by Crippen LogP contribution is 2.21. The number of nitrogens with one attached hydrogen (secondary N) is 3. The standard InChI is InChI=1S/C14H19ClN4O3/c1-4-16-14(22)18-12(20)8-17-9-5-6-10(11(15)7-9)13(21)19(2)3/h5-7,17H,4,8H2,1-3H3,(H2,16,18,20,22). The van der Waals surface area contributed by atoms with Gasteiger partial charge in [-0.1, -0.05) is 11.6 Å². The predicted octanol–water partition coefficient (Wildman–Crippen LogP) is 1.30. The number of anilines is 1. The van der Waals surface area contributed by atoms with Crippen LogP contribution in [-0.2, 0) is 4.79 Å². The second-order valence-corrected chi connectivity index (χ2v) is 5.06. The van der Waals surface area contributed by atoms with E-state index in [1.807, 2.05) is 0 Å². The zero-order valence-corrected chi connectivity index (χ0v) is 13.5. The smallest absolute Gasteiger partial charge is 0.321 e. The van der Waals surface area contributed by atoms with E-state index < -0.39 is 11.9 Å². The van der Waals surface area contributed by atoms with Crippen LogP contribution in [0.4, 0.5) is 10.5 Å². The van der Waals surface area contributed by atoms with E-state index in [0.29, 0.717) is 17.8 Å². The van der Waals surface area contributed by atoms with Crippen molar-refractivity contribution in [2.75, 3.05) is 32.5 Å². The molecule has 8 heteroatoms. The number of benzene rings is 1. The number of imide groups is 1. The van der Waals surface area contributed by atoms with Gasteiger partial charge in [-0.05, 0) is 25.1 Å². The van der Waals surface area contributed by atoms with Crippen molar-refractivity contribution in [2.45, 2.75) is 6.92 Å². The second kappa shape index (κ2) is 8.23. The number of hydrogen-bond donors (Lipinski definition) is 3. The molecule has 0 unspecified atom stereocenters. The average molecular weight is 327 g/mol. The zero-order valence-electron chi connectivity index (χ0n) is 12.7. The molecule has 120 valence electrons. The molecule has 4 amide bonds. The molecule has 1 rings (SSSR count). The van der Waals surface area contributed by atoms with E-state index in [1.165, 1.54) is 4.90 Å². The van der Waals surface area contributed by atoms with Crippen LogP contribution in [0.25, 0.3) is 0 Å². The Morgan fingerprint density at radius 3 is 2.45 bits per heavy atom. The first-order valence-electron chi connectivity index (χ1n) is 6.68. The lowest BCUT2D eigenvalue weighted by Crippen LogP contribution is -2.41. The van der Waals surface area contributed by atoms with Gasteiger partial charge in [0.05, 0.1) is 17.1 Å². The summed E-state index contributed by atoms with van der Waals surface area (Å²) in [7, 11) is 3.27. The second-order valence-electron chi connectivity index (χ2n) is 4.66. The van der Waals surface area contributed by atoms with Crippen LogP contribution < -0.4 is 16.0 Å². The van der Waals surface area contributed by atoms with Crippen molar-refractivity contribution >= 4 is 35.1 Å². The van der Waals surface area contributed by atoms with E-state index in [-0.39, 0.29) is 17.5 Å². The first-order valence-corrected chi connectivity index (χ1v) is 7.05. The average Bonchev–Trinajstić information content (AvgIpc) is 2.44. The maximum Gasteiger partial charge on any atom is 0.321 e. The first kappa shape index (κ1) is 17.8. The summed E-state index contributed by atoms with van der Waals surface area (Å²) in [5, 5.41) is 7.73. The molecule has 0 aliphatic carbocycles. The summed E-state index contributed by atoms with van der Waals surface area (Å²) in [6.07, 6.45) is 0. The number of rotatable bonds is 5. The van der Waals surface area contributed by atoms with Gasteiger partial charge in [0.2, 0.25) is 5.91 Å². The zero-order chi connectivity index (χ0) is 16.7. The summed E-state index contributed by atoms with van der Waals surface area (Å²) in [6.45, 7) is 2.10. The maximum atomic E-state index is 11.8. The molecule has 0 saturated carbocycles. The van der Waals surface area contributed by atoms with E-state index >= 15 is 0 Å². The molecule has 0 aliphatic heterocycles. The minimum Gasteiger partial charge on any atom is -0.376 e. The van der Waals surface area contributed by atoms with E-state index in [4.69, 9.17) is 11.6 Å². The molecule has 0 aliphatic rings. The Labute approximate surface area is 134 Å². The quantitative estimate of drug-likeness (QED) is 0.760. The molecular formula is C14H19ClN4O3. The minimum absolute atomic E-state index is 0.0889. The fourth-order valence-corrected chi connectivity index (χ4v) is 1.86. The largest absolute Gasteiger partial charge is 0.376 e. The summed E-state index contributed by atoms with van der Waals surface area (Å²) in [5.74, 6) is -0.680. The molecule has 22 heavy (non-hydrogen) atoms. The van der Waals surface area contributed by atoms with Crippen molar-refractivity contribution in [2.24, 2.45) is 0 Å². The van der Waals surface area contributed by atoms with Crippen LogP contribution in [0.3, 0.4) is 0 Å². The molecule has 0 fully saturated rings. The van der Waals surface area contributed by atoms with Crippen molar-refractivity contribution in [3.63, 3.8) is 0 Å². The summed E-state index contributed by atoms with van der Waals surface area (Å²) < 4.78 is 0. The van der Waals surface area contributed by atoms with Crippen molar-refractivity contribution in [1.82, 2.24) is 15.5 Å². The van der Waals surface area contributed by atoms with E-state index in [2.05, 4.69) is 16.0 Å². The predicted molar refractivity (Wildman–Crippen MR) is 85.2 cm³/mol. The lowest BCUT2D eigenvalue weighted by molar-refractivity contribution is -0.118. The summed E-state index contributed by atoms with van der Waals surface area (Å²) >= 11 is 6.06. The Kier molecular flexibility index (Phi) is 6.65. The highest BCUT2D eigenvalue weighted by molar-refractivity contribution is 6.34. The maximum absolute atomic E-state index is 11.8. The van der Waals surface area contributed by atoms with E-state index in [0.717, 1.165) is 0 Å². The molecule has 0 heterocycles. The Morgan fingerprint density at radius 2 is 1.91 bits per heavy atom. The van der Waals surface area contributed by atoms with Gasteiger partial charge in [0.1, 0.15) is 0 Å². The topological polar surface area (TPSA) is 90.5 Å². The number of halogens is 1. The van der Waals surface area contributed by atoms with Crippen LogP contribution in [0, 0.1) is 0 Å². The number of urea groups is 1. The normalized spacial score (nSPS) is 9.82. The van der Waals surface area contributed by atoms with Gasteiger partial charge in [-0.25, -0.2) is 4.79 Å². The molecule has 1 aromatic carbocycles. The fraction of sp³-hybridized carbons (Fsp3) is 0.357. The van der Waals surface area contributed by atoms with Crippen LogP contribution in [0.2, 0.25) is 5.02 Å². The highest BCUT2D eigenvalue weighted by atomic mass is 35.5. The number of amides is 4. The molecule has 0 radical (unpaired) electrons. The lowest BCUT2D eigenvalue weighted by atomic mass is 10.2. The molecule has 0 aromatic heterocycles. The van der Waals surface area contributed by atoms with Crippen molar-refractivity contribution in [3.8, 4) is 0 Å². The number of carbonyl (C=O) groups excluding carboxylic acids is 3. The third-order valence-electron chi connectivity index (χ3n) is 2.65. The Morgan fingerprint density at radius 1 is 1.23 bits per heavy atom. The van der Waals surface area contributed by atoms with Crippen molar-refractivity contribution < 1.29 is 14.4 Å². The van der Waals surface area contributed by atoms with Crippen LogP contribution >= 0.6 is 11.6 Å². The van der Waals surface area contributed by atoms with Gasteiger partial charge in [0.25, 0.3) is 5.91 Å². The van der Waals surface area contributed by atoms with Gasteiger partial charge in [0, 0.05) is 26.3 Å². The minimum atomic E-state index is -0.542. The molecular weight excluding hydrogens is 308 g/mol.